The van der Waals surface area contributed by atoms with Crippen molar-refractivity contribution < 1.29 is 14.0 Å². The third-order valence-corrected chi connectivity index (χ3v) is 2.90. The van der Waals surface area contributed by atoms with Crippen molar-refractivity contribution in [2.75, 3.05) is 11.5 Å². The van der Waals surface area contributed by atoms with Gasteiger partial charge in [-0.15, -0.1) is 11.8 Å². The van der Waals surface area contributed by atoms with Crippen molar-refractivity contribution in [2.45, 2.75) is 11.3 Å². The number of imide groups is 1. The zero-order valence-corrected chi connectivity index (χ0v) is 9.72. The van der Waals surface area contributed by atoms with Crippen LogP contribution in [0.4, 0.5) is 14.9 Å². The number of nitrogens with two attached hydrogens (primary N) is 2. The van der Waals surface area contributed by atoms with Gasteiger partial charge in [0.05, 0.1) is 0 Å². The van der Waals surface area contributed by atoms with Crippen molar-refractivity contribution >= 4 is 29.4 Å². The predicted octanol–water partition coefficient (Wildman–Crippen LogP) is 1.09. The number of urea groups is 1. The van der Waals surface area contributed by atoms with E-state index in [0.29, 0.717) is 16.3 Å². The van der Waals surface area contributed by atoms with Gasteiger partial charge in [-0.25, -0.2) is 9.18 Å². The Morgan fingerprint density at radius 3 is 2.76 bits per heavy atom. The maximum absolute atomic E-state index is 12.9. The number of nitrogen functional groups attached to an aromatic ring is 1. The van der Waals surface area contributed by atoms with Gasteiger partial charge in [-0.3, -0.25) is 10.1 Å². The van der Waals surface area contributed by atoms with E-state index in [9.17, 15) is 14.0 Å². The van der Waals surface area contributed by atoms with Gasteiger partial charge in [0.2, 0.25) is 5.91 Å². The fourth-order valence-corrected chi connectivity index (χ4v) is 2.02. The van der Waals surface area contributed by atoms with Crippen molar-refractivity contribution in [3.8, 4) is 0 Å². The normalized spacial score (nSPS) is 9.94. The van der Waals surface area contributed by atoms with Crippen LogP contribution >= 0.6 is 11.8 Å². The summed E-state index contributed by atoms with van der Waals surface area (Å²) in [5, 5.41) is 1.94. The molecule has 7 heteroatoms. The lowest BCUT2D eigenvalue weighted by Gasteiger charge is -2.05. The topological polar surface area (TPSA) is 98.2 Å². The van der Waals surface area contributed by atoms with Crippen molar-refractivity contribution in [3.05, 3.63) is 24.0 Å². The van der Waals surface area contributed by atoms with Gasteiger partial charge in [0, 0.05) is 22.8 Å². The van der Waals surface area contributed by atoms with Gasteiger partial charge in [0.25, 0.3) is 0 Å². The summed E-state index contributed by atoms with van der Waals surface area (Å²) in [6.45, 7) is 0. The summed E-state index contributed by atoms with van der Waals surface area (Å²) in [5.41, 5.74) is 10.8. The van der Waals surface area contributed by atoms with Gasteiger partial charge in [0.15, 0.2) is 0 Å². The molecule has 0 radical (unpaired) electrons. The van der Waals surface area contributed by atoms with E-state index in [1.165, 1.54) is 30.0 Å². The summed E-state index contributed by atoms with van der Waals surface area (Å²) in [6.07, 6.45) is 0.101. The standard InChI is InChI=1S/C10H12FN3O2S/c11-6-1-2-7(12)8(5-6)17-4-3-9(15)14-10(13)16/h1-2,5H,3-4,12H2,(H3,13,14,15,16). The van der Waals surface area contributed by atoms with Crippen LogP contribution < -0.4 is 16.8 Å². The minimum Gasteiger partial charge on any atom is -0.398 e. The molecule has 0 heterocycles. The van der Waals surface area contributed by atoms with Crippen LogP contribution in [0.1, 0.15) is 6.42 Å². The number of benzene rings is 1. The Morgan fingerprint density at radius 1 is 1.41 bits per heavy atom. The maximum atomic E-state index is 12.9. The molecule has 0 aromatic heterocycles. The molecule has 5 N–H and O–H groups in total. The molecule has 0 aliphatic rings. The molecule has 1 aromatic carbocycles. The monoisotopic (exact) mass is 257 g/mol. The van der Waals surface area contributed by atoms with Crippen LogP contribution in [0.5, 0.6) is 0 Å². The first-order valence-electron chi connectivity index (χ1n) is 4.76. The number of carbonyl (C=O) groups is 2. The second kappa shape index (κ2) is 6.09. The third-order valence-electron chi connectivity index (χ3n) is 1.82. The highest BCUT2D eigenvalue weighted by molar-refractivity contribution is 7.99. The fourth-order valence-electron chi connectivity index (χ4n) is 1.09. The average Bonchev–Trinajstić information content (AvgIpc) is 2.22. The van der Waals surface area contributed by atoms with E-state index in [4.69, 9.17) is 11.5 Å². The number of hydrogen-bond donors (Lipinski definition) is 3. The number of hydrogen-bond acceptors (Lipinski definition) is 4. The van der Waals surface area contributed by atoms with Crippen molar-refractivity contribution in [2.24, 2.45) is 5.73 Å². The molecule has 1 aromatic rings. The lowest BCUT2D eigenvalue weighted by atomic mass is 10.3. The highest BCUT2D eigenvalue weighted by Crippen LogP contribution is 2.26. The second-order valence-corrected chi connectivity index (χ2v) is 4.33. The highest BCUT2D eigenvalue weighted by Gasteiger charge is 2.06. The van der Waals surface area contributed by atoms with E-state index >= 15 is 0 Å². The van der Waals surface area contributed by atoms with Crippen LogP contribution in [-0.4, -0.2) is 17.7 Å². The van der Waals surface area contributed by atoms with Crippen LogP contribution in [0.15, 0.2) is 23.1 Å². The number of amides is 3. The van der Waals surface area contributed by atoms with Crippen molar-refractivity contribution in [1.82, 2.24) is 5.32 Å². The quantitative estimate of drug-likeness (QED) is 0.555. The van der Waals surface area contributed by atoms with Crippen LogP contribution in [0.25, 0.3) is 0 Å². The van der Waals surface area contributed by atoms with E-state index in [1.807, 2.05) is 5.32 Å². The molecule has 0 atom stereocenters. The smallest absolute Gasteiger partial charge is 0.318 e. The summed E-state index contributed by atoms with van der Waals surface area (Å²) >= 11 is 1.24. The number of anilines is 1. The molecule has 5 nitrogen and oxygen atoms in total. The number of primary amides is 1. The van der Waals surface area contributed by atoms with Crippen molar-refractivity contribution in [1.29, 1.82) is 0 Å². The van der Waals surface area contributed by atoms with Crippen LogP contribution in [-0.2, 0) is 4.79 Å². The maximum Gasteiger partial charge on any atom is 0.318 e. The zero-order chi connectivity index (χ0) is 12.8. The third kappa shape index (κ3) is 4.73. The molecule has 0 unspecified atom stereocenters. The first kappa shape index (κ1) is 13.3. The van der Waals surface area contributed by atoms with Gasteiger partial charge >= 0.3 is 6.03 Å². The van der Waals surface area contributed by atoms with Gasteiger partial charge in [0.1, 0.15) is 5.82 Å². The van der Waals surface area contributed by atoms with E-state index in [1.54, 1.807) is 0 Å². The first-order valence-corrected chi connectivity index (χ1v) is 5.74. The lowest BCUT2D eigenvalue weighted by molar-refractivity contribution is -0.119. The molecule has 0 aliphatic carbocycles. The first-order chi connectivity index (χ1) is 7.99. The molecule has 0 fully saturated rings. The molecule has 1 rings (SSSR count). The van der Waals surface area contributed by atoms with E-state index in [2.05, 4.69) is 0 Å². The predicted molar refractivity (Wildman–Crippen MR) is 63.9 cm³/mol. The minimum absolute atomic E-state index is 0.101. The zero-order valence-electron chi connectivity index (χ0n) is 8.90. The summed E-state index contributed by atoms with van der Waals surface area (Å²) in [6, 6.07) is 3.14. The molecule has 17 heavy (non-hydrogen) atoms. The highest BCUT2D eigenvalue weighted by atomic mass is 32.2. The fraction of sp³-hybridized carbons (Fsp3) is 0.200. The molecule has 0 saturated heterocycles. The number of nitrogens with one attached hydrogen (secondary N) is 1. The Balaban J connectivity index is 2.43. The Labute approximate surface area is 102 Å². The average molecular weight is 257 g/mol. The van der Waals surface area contributed by atoms with Crippen LogP contribution in [0, 0.1) is 5.82 Å². The number of thioether (sulfide) groups is 1. The molecule has 92 valence electrons. The summed E-state index contributed by atoms with van der Waals surface area (Å²) in [7, 11) is 0. The van der Waals surface area contributed by atoms with Crippen molar-refractivity contribution in [3.63, 3.8) is 0 Å². The molecular formula is C10H12FN3O2S. The Bertz CT molecular complexity index is 440. The molecule has 3 amide bonds. The molecule has 0 bridgehead atoms. The Morgan fingerprint density at radius 2 is 2.12 bits per heavy atom. The minimum atomic E-state index is -0.884. The summed E-state index contributed by atoms with van der Waals surface area (Å²) in [5.74, 6) is -0.476. The molecule has 0 aliphatic heterocycles. The van der Waals surface area contributed by atoms with Crippen LogP contribution in [0.2, 0.25) is 0 Å². The lowest BCUT2D eigenvalue weighted by Crippen LogP contribution is -2.35. The van der Waals surface area contributed by atoms with E-state index in [-0.39, 0.29) is 12.2 Å². The molecule has 0 spiro atoms. The van der Waals surface area contributed by atoms with Gasteiger partial charge in [-0.2, -0.15) is 0 Å². The van der Waals surface area contributed by atoms with Gasteiger partial charge < -0.3 is 11.5 Å². The van der Waals surface area contributed by atoms with Crippen LogP contribution in [0.3, 0.4) is 0 Å². The number of carbonyl (C=O) groups excluding carboxylic acids is 2. The molecular weight excluding hydrogens is 245 g/mol. The Hall–Kier alpha value is -1.76. The second-order valence-electron chi connectivity index (χ2n) is 3.19. The van der Waals surface area contributed by atoms with Gasteiger partial charge in [-0.05, 0) is 18.2 Å². The SMILES string of the molecule is NC(=O)NC(=O)CCSc1cc(F)ccc1N. The Kier molecular flexibility index (Phi) is 4.77. The van der Waals surface area contributed by atoms with Gasteiger partial charge in [-0.1, -0.05) is 0 Å². The van der Waals surface area contributed by atoms with E-state index in [0.717, 1.165) is 0 Å². The summed E-state index contributed by atoms with van der Waals surface area (Å²) in [4.78, 5) is 22.0. The number of halogens is 1. The van der Waals surface area contributed by atoms with E-state index < -0.39 is 11.9 Å². The summed E-state index contributed by atoms with van der Waals surface area (Å²) < 4.78 is 12.9. The number of rotatable bonds is 4. The largest absolute Gasteiger partial charge is 0.398 e. The molecule has 0 saturated carbocycles.